The first-order chi connectivity index (χ1) is 10.0. The molecule has 0 saturated carbocycles. The molecule has 0 aliphatic carbocycles. The molecule has 116 valence electrons. The van der Waals surface area contributed by atoms with E-state index in [1.807, 2.05) is 7.05 Å². The van der Waals surface area contributed by atoms with Gasteiger partial charge in [-0.1, -0.05) is 20.8 Å². The van der Waals surface area contributed by atoms with Crippen molar-refractivity contribution in [3.8, 4) is 0 Å². The summed E-state index contributed by atoms with van der Waals surface area (Å²) in [4.78, 5) is 22.5. The van der Waals surface area contributed by atoms with Crippen LogP contribution in [-0.2, 0) is 4.79 Å². The molecule has 1 aliphatic rings. The maximum absolute atomic E-state index is 12.1. The number of likely N-dealkylation sites (N-methyl/N-ethyl adjacent to an activating group) is 1. The molecule has 0 bridgehead atoms. The van der Waals surface area contributed by atoms with Gasteiger partial charge in [0.25, 0.3) is 0 Å². The van der Waals surface area contributed by atoms with Gasteiger partial charge in [-0.25, -0.2) is 9.97 Å². The molecule has 1 amide bonds. The highest BCUT2D eigenvalue weighted by Crippen LogP contribution is 2.29. The monoisotopic (exact) mass is 291 g/mol. The maximum Gasteiger partial charge on any atom is 0.244 e. The number of aromatic nitrogens is 2. The molecule has 1 aliphatic heterocycles. The van der Waals surface area contributed by atoms with Crippen LogP contribution in [0.4, 0.5) is 11.6 Å². The van der Waals surface area contributed by atoms with Crippen molar-refractivity contribution in [2.24, 2.45) is 0 Å². The van der Waals surface area contributed by atoms with Crippen molar-refractivity contribution >= 4 is 17.5 Å². The van der Waals surface area contributed by atoms with Crippen LogP contribution in [0.3, 0.4) is 0 Å². The van der Waals surface area contributed by atoms with Crippen LogP contribution in [0.1, 0.15) is 45.1 Å². The van der Waals surface area contributed by atoms with E-state index in [1.54, 1.807) is 11.2 Å². The Morgan fingerprint density at radius 1 is 1.38 bits per heavy atom. The number of rotatable bonds is 6. The fourth-order valence-electron chi connectivity index (χ4n) is 2.56. The lowest BCUT2D eigenvalue weighted by Gasteiger charge is -2.20. The summed E-state index contributed by atoms with van der Waals surface area (Å²) in [5, 5.41) is 6.65. The van der Waals surface area contributed by atoms with Crippen LogP contribution in [0.25, 0.3) is 0 Å². The van der Waals surface area contributed by atoms with Crippen LogP contribution in [-0.4, -0.2) is 47.0 Å². The molecule has 6 heteroatoms. The maximum atomic E-state index is 12.1. The first-order valence-electron chi connectivity index (χ1n) is 7.64. The van der Waals surface area contributed by atoms with Gasteiger partial charge in [0.2, 0.25) is 5.91 Å². The zero-order valence-corrected chi connectivity index (χ0v) is 13.3. The number of amides is 1. The van der Waals surface area contributed by atoms with Gasteiger partial charge in [-0.15, -0.1) is 0 Å². The average Bonchev–Trinajstić information content (AvgIpc) is 2.77. The number of carbonyl (C=O) groups is 1. The normalized spacial score (nSPS) is 18.4. The Bertz CT molecular complexity index is 503. The fourth-order valence-corrected chi connectivity index (χ4v) is 2.56. The molecule has 2 N–H and O–H groups in total. The van der Waals surface area contributed by atoms with Gasteiger partial charge < -0.3 is 15.5 Å². The van der Waals surface area contributed by atoms with E-state index in [9.17, 15) is 4.79 Å². The van der Waals surface area contributed by atoms with Crippen molar-refractivity contribution in [1.82, 2.24) is 14.9 Å². The number of hydrogen-bond acceptors (Lipinski definition) is 5. The molecule has 1 atom stereocenters. The minimum absolute atomic E-state index is 0.131. The zero-order valence-electron chi connectivity index (χ0n) is 13.3. The predicted molar refractivity (Wildman–Crippen MR) is 84.6 cm³/mol. The molecule has 6 nitrogen and oxygen atoms in total. The SMILES string of the molecule is CCCNc1ncnc(NC2CCN(C)C2=O)c1C(C)C. The molecule has 1 aromatic rings. The molecule has 21 heavy (non-hydrogen) atoms. The van der Waals surface area contributed by atoms with Gasteiger partial charge >= 0.3 is 0 Å². The smallest absolute Gasteiger partial charge is 0.244 e. The molecular formula is C15H25N5O. The Labute approximate surface area is 126 Å². The van der Waals surface area contributed by atoms with Crippen LogP contribution >= 0.6 is 0 Å². The van der Waals surface area contributed by atoms with Gasteiger partial charge in [0, 0.05) is 25.7 Å². The van der Waals surface area contributed by atoms with Crippen molar-refractivity contribution < 1.29 is 4.79 Å². The number of anilines is 2. The van der Waals surface area contributed by atoms with Gasteiger partial charge in [-0.05, 0) is 18.8 Å². The quantitative estimate of drug-likeness (QED) is 0.839. The van der Waals surface area contributed by atoms with E-state index in [0.29, 0.717) is 0 Å². The summed E-state index contributed by atoms with van der Waals surface area (Å²) in [5.41, 5.74) is 1.05. The second-order valence-corrected chi connectivity index (χ2v) is 5.81. The third-order valence-corrected chi connectivity index (χ3v) is 3.74. The largest absolute Gasteiger partial charge is 0.370 e. The fraction of sp³-hybridized carbons (Fsp3) is 0.667. The van der Waals surface area contributed by atoms with E-state index in [1.165, 1.54) is 0 Å². The highest BCUT2D eigenvalue weighted by Gasteiger charge is 2.30. The van der Waals surface area contributed by atoms with Crippen molar-refractivity contribution in [2.45, 2.75) is 45.6 Å². The summed E-state index contributed by atoms with van der Waals surface area (Å²) in [6.07, 6.45) is 3.40. The highest BCUT2D eigenvalue weighted by atomic mass is 16.2. The summed E-state index contributed by atoms with van der Waals surface area (Å²) >= 11 is 0. The van der Waals surface area contributed by atoms with Crippen LogP contribution < -0.4 is 10.6 Å². The Kier molecular flexibility index (Phi) is 4.98. The second-order valence-electron chi connectivity index (χ2n) is 5.81. The van der Waals surface area contributed by atoms with E-state index in [2.05, 4.69) is 41.4 Å². The summed E-state index contributed by atoms with van der Waals surface area (Å²) in [6, 6.07) is -0.179. The molecule has 1 saturated heterocycles. The van der Waals surface area contributed by atoms with Crippen molar-refractivity contribution in [3.05, 3.63) is 11.9 Å². The lowest BCUT2D eigenvalue weighted by atomic mass is 10.0. The predicted octanol–water partition coefficient (Wildman–Crippen LogP) is 2.06. The number of hydrogen-bond donors (Lipinski definition) is 2. The molecule has 0 radical (unpaired) electrons. The third-order valence-electron chi connectivity index (χ3n) is 3.74. The van der Waals surface area contributed by atoms with Crippen LogP contribution in [0.5, 0.6) is 0 Å². The Balaban J connectivity index is 2.24. The molecule has 1 unspecified atom stereocenters. The lowest BCUT2D eigenvalue weighted by Crippen LogP contribution is -2.31. The number of carbonyl (C=O) groups excluding carboxylic acids is 1. The van der Waals surface area contributed by atoms with Gasteiger partial charge in [0.15, 0.2) is 0 Å². The van der Waals surface area contributed by atoms with E-state index in [4.69, 9.17) is 0 Å². The third kappa shape index (κ3) is 3.43. The molecule has 0 aromatic carbocycles. The summed E-state index contributed by atoms with van der Waals surface area (Å²) < 4.78 is 0. The van der Waals surface area contributed by atoms with Crippen molar-refractivity contribution in [2.75, 3.05) is 30.8 Å². The average molecular weight is 291 g/mol. The number of likely N-dealkylation sites (tertiary alicyclic amines) is 1. The Morgan fingerprint density at radius 2 is 2.10 bits per heavy atom. The van der Waals surface area contributed by atoms with Crippen LogP contribution in [0.15, 0.2) is 6.33 Å². The van der Waals surface area contributed by atoms with Gasteiger partial charge in [-0.3, -0.25) is 4.79 Å². The highest BCUT2D eigenvalue weighted by molar-refractivity contribution is 5.86. The van der Waals surface area contributed by atoms with Gasteiger partial charge in [0.05, 0.1) is 0 Å². The second kappa shape index (κ2) is 6.74. The summed E-state index contributed by atoms with van der Waals surface area (Å²) in [6.45, 7) is 8.02. The van der Waals surface area contributed by atoms with Crippen LogP contribution in [0.2, 0.25) is 0 Å². The van der Waals surface area contributed by atoms with E-state index >= 15 is 0 Å². The molecule has 2 heterocycles. The molecule has 2 rings (SSSR count). The molecular weight excluding hydrogens is 266 g/mol. The standard InChI is InChI=1S/C15H25N5O/c1-5-7-16-13-12(10(2)3)14(18-9-17-13)19-11-6-8-20(4)15(11)21/h9-11H,5-8H2,1-4H3,(H2,16,17,18,19). The van der Waals surface area contributed by atoms with Crippen LogP contribution in [0, 0.1) is 0 Å². The van der Waals surface area contributed by atoms with Crippen molar-refractivity contribution in [1.29, 1.82) is 0 Å². The first-order valence-corrected chi connectivity index (χ1v) is 7.64. The lowest BCUT2D eigenvalue weighted by molar-refractivity contribution is -0.127. The Hall–Kier alpha value is -1.85. The molecule has 0 spiro atoms. The topological polar surface area (TPSA) is 70.2 Å². The minimum Gasteiger partial charge on any atom is -0.370 e. The van der Waals surface area contributed by atoms with Crippen molar-refractivity contribution in [3.63, 3.8) is 0 Å². The Morgan fingerprint density at radius 3 is 2.67 bits per heavy atom. The van der Waals surface area contributed by atoms with E-state index in [0.717, 1.165) is 43.1 Å². The minimum atomic E-state index is -0.179. The first kappa shape index (κ1) is 15.5. The molecule has 1 aromatic heterocycles. The van der Waals surface area contributed by atoms with Gasteiger partial charge in [-0.2, -0.15) is 0 Å². The summed E-state index contributed by atoms with van der Waals surface area (Å²) in [7, 11) is 1.83. The summed E-state index contributed by atoms with van der Waals surface area (Å²) in [5.74, 6) is 2.05. The number of nitrogens with one attached hydrogen (secondary N) is 2. The number of nitrogens with zero attached hydrogens (tertiary/aromatic N) is 3. The van der Waals surface area contributed by atoms with E-state index in [-0.39, 0.29) is 17.9 Å². The zero-order chi connectivity index (χ0) is 15.4. The molecule has 1 fully saturated rings. The van der Waals surface area contributed by atoms with Gasteiger partial charge in [0.1, 0.15) is 24.0 Å². The van der Waals surface area contributed by atoms with E-state index < -0.39 is 0 Å².